The van der Waals surface area contributed by atoms with E-state index in [0.717, 1.165) is 0 Å². The molecule has 0 atom stereocenters. The van der Waals surface area contributed by atoms with E-state index in [1.807, 2.05) is 0 Å². The second-order valence-electron chi connectivity index (χ2n) is 6.35. The lowest BCUT2D eigenvalue weighted by Crippen LogP contribution is -2.23. The zero-order chi connectivity index (χ0) is 14.2. The molecule has 0 saturated carbocycles. The minimum absolute atomic E-state index is 0.650. The van der Waals surface area contributed by atoms with E-state index in [0.29, 0.717) is 6.04 Å². The predicted octanol–water partition coefficient (Wildman–Crippen LogP) is 6.08. The van der Waals surface area contributed by atoms with Crippen LogP contribution in [0.1, 0.15) is 104 Å². The number of hydrogen-bond donors (Lipinski definition) is 1. The Morgan fingerprint density at radius 3 is 1.32 bits per heavy atom. The van der Waals surface area contributed by atoms with Gasteiger partial charge >= 0.3 is 0 Å². The van der Waals surface area contributed by atoms with Crippen molar-refractivity contribution in [3.8, 4) is 0 Å². The molecule has 1 nitrogen and oxygen atoms in total. The van der Waals surface area contributed by atoms with Crippen molar-refractivity contribution < 1.29 is 0 Å². The Balaban J connectivity index is 2.91. The van der Waals surface area contributed by atoms with Crippen LogP contribution in [0.3, 0.4) is 0 Å². The molecule has 0 radical (unpaired) electrons. The standard InChI is InChI=1S/C18H39N/c1-4-5-6-7-8-9-10-11-12-13-14-15-16-17-19-18(2)3/h18-19H,4-17H2,1-3H3. The van der Waals surface area contributed by atoms with Crippen molar-refractivity contribution >= 4 is 0 Å². The maximum atomic E-state index is 3.49. The zero-order valence-corrected chi connectivity index (χ0v) is 14.0. The van der Waals surface area contributed by atoms with Crippen molar-refractivity contribution in [1.82, 2.24) is 5.32 Å². The van der Waals surface area contributed by atoms with Crippen molar-refractivity contribution in [2.24, 2.45) is 0 Å². The highest BCUT2D eigenvalue weighted by Gasteiger charge is 1.94. The zero-order valence-electron chi connectivity index (χ0n) is 14.0. The highest BCUT2D eigenvalue weighted by Crippen LogP contribution is 2.12. The Morgan fingerprint density at radius 1 is 0.579 bits per heavy atom. The van der Waals surface area contributed by atoms with Crippen molar-refractivity contribution in [2.45, 2.75) is 110 Å². The molecule has 0 heterocycles. The Labute approximate surface area is 122 Å². The summed E-state index contributed by atoms with van der Waals surface area (Å²) in [6, 6.07) is 0.650. The van der Waals surface area contributed by atoms with Crippen LogP contribution < -0.4 is 5.32 Å². The molecule has 0 aliphatic carbocycles. The average molecular weight is 270 g/mol. The average Bonchev–Trinajstić information content (AvgIpc) is 2.39. The van der Waals surface area contributed by atoms with Gasteiger partial charge in [0.2, 0.25) is 0 Å². The molecule has 0 rings (SSSR count). The minimum Gasteiger partial charge on any atom is -0.315 e. The van der Waals surface area contributed by atoms with Crippen molar-refractivity contribution in [1.29, 1.82) is 0 Å². The molecule has 1 N–H and O–H groups in total. The van der Waals surface area contributed by atoms with Gasteiger partial charge in [-0.05, 0) is 13.0 Å². The summed E-state index contributed by atoms with van der Waals surface area (Å²) in [7, 11) is 0. The molecule has 0 amide bonds. The van der Waals surface area contributed by atoms with Gasteiger partial charge < -0.3 is 5.32 Å². The summed E-state index contributed by atoms with van der Waals surface area (Å²) in [6.45, 7) is 7.94. The molecule has 0 spiro atoms. The van der Waals surface area contributed by atoms with Crippen LogP contribution in [-0.4, -0.2) is 12.6 Å². The molecule has 19 heavy (non-hydrogen) atoms. The van der Waals surface area contributed by atoms with Gasteiger partial charge in [-0.25, -0.2) is 0 Å². The minimum atomic E-state index is 0.650. The quantitative estimate of drug-likeness (QED) is 0.355. The molecule has 0 aromatic carbocycles. The molecule has 0 aliphatic rings. The van der Waals surface area contributed by atoms with E-state index in [4.69, 9.17) is 0 Å². The van der Waals surface area contributed by atoms with E-state index < -0.39 is 0 Å². The number of hydrogen-bond acceptors (Lipinski definition) is 1. The molecule has 0 unspecified atom stereocenters. The van der Waals surface area contributed by atoms with Crippen LogP contribution in [0.4, 0.5) is 0 Å². The van der Waals surface area contributed by atoms with Crippen molar-refractivity contribution in [3.05, 3.63) is 0 Å². The normalized spacial score (nSPS) is 11.4. The van der Waals surface area contributed by atoms with Crippen LogP contribution in [0.15, 0.2) is 0 Å². The van der Waals surface area contributed by atoms with E-state index in [1.54, 1.807) is 0 Å². The maximum Gasteiger partial charge on any atom is 0.00103 e. The van der Waals surface area contributed by atoms with E-state index in [2.05, 4.69) is 26.1 Å². The summed E-state index contributed by atoms with van der Waals surface area (Å²) in [5.74, 6) is 0. The Hall–Kier alpha value is -0.0400. The van der Waals surface area contributed by atoms with Crippen LogP contribution in [-0.2, 0) is 0 Å². The molecular formula is C18H39N. The summed E-state index contributed by atoms with van der Waals surface area (Å²) in [5, 5.41) is 3.49. The van der Waals surface area contributed by atoms with Crippen LogP contribution in [0.2, 0.25) is 0 Å². The van der Waals surface area contributed by atoms with E-state index >= 15 is 0 Å². The fourth-order valence-corrected chi connectivity index (χ4v) is 2.53. The van der Waals surface area contributed by atoms with E-state index in [-0.39, 0.29) is 0 Å². The summed E-state index contributed by atoms with van der Waals surface area (Å²) in [5.41, 5.74) is 0. The summed E-state index contributed by atoms with van der Waals surface area (Å²) in [4.78, 5) is 0. The first-order valence-electron chi connectivity index (χ1n) is 9.00. The molecule has 0 bridgehead atoms. The van der Waals surface area contributed by atoms with Gasteiger partial charge in [0.25, 0.3) is 0 Å². The van der Waals surface area contributed by atoms with Gasteiger partial charge in [0.1, 0.15) is 0 Å². The second kappa shape index (κ2) is 16.0. The molecule has 0 fully saturated rings. The van der Waals surface area contributed by atoms with Crippen LogP contribution in [0.5, 0.6) is 0 Å². The second-order valence-corrected chi connectivity index (χ2v) is 6.35. The van der Waals surface area contributed by atoms with Crippen LogP contribution in [0, 0.1) is 0 Å². The first kappa shape index (κ1) is 19.0. The first-order chi connectivity index (χ1) is 9.27. The maximum absolute atomic E-state index is 3.49. The molecule has 0 aromatic heterocycles. The van der Waals surface area contributed by atoms with Crippen molar-refractivity contribution in [2.75, 3.05) is 6.54 Å². The van der Waals surface area contributed by atoms with Crippen LogP contribution in [0.25, 0.3) is 0 Å². The summed E-state index contributed by atoms with van der Waals surface area (Å²) < 4.78 is 0. The predicted molar refractivity (Wildman–Crippen MR) is 88.8 cm³/mol. The molecule has 116 valence electrons. The van der Waals surface area contributed by atoms with Gasteiger partial charge in [-0.15, -0.1) is 0 Å². The molecule has 0 saturated heterocycles. The lowest BCUT2D eigenvalue weighted by molar-refractivity contribution is 0.519. The first-order valence-corrected chi connectivity index (χ1v) is 9.00. The van der Waals surface area contributed by atoms with Gasteiger partial charge in [0, 0.05) is 6.04 Å². The van der Waals surface area contributed by atoms with Crippen molar-refractivity contribution in [3.63, 3.8) is 0 Å². The van der Waals surface area contributed by atoms with Gasteiger partial charge in [-0.3, -0.25) is 0 Å². The van der Waals surface area contributed by atoms with Crippen LogP contribution >= 0.6 is 0 Å². The Kier molecular flexibility index (Phi) is 16.0. The third-order valence-electron chi connectivity index (χ3n) is 3.83. The summed E-state index contributed by atoms with van der Waals surface area (Å²) >= 11 is 0. The summed E-state index contributed by atoms with van der Waals surface area (Å²) in [6.07, 6.45) is 18.8. The number of nitrogens with one attached hydrogen (secondary N) is 1. The van der Waals surface area contributed by atoms with Gasteiger partial charge in [-0.2, -0.15) is 0 Å². The van der Waals surface area contributed by atoms with Gasteiger partial charge in [-0.1, -0.05) is 97.8 Å². The molecule has 0 aromatic rings. The molecule has 1 heteroatoms. The monoisotopic (exact) mass is 269 g/mol. The molecule has 0 aliphatic heterocycles. The highest BCUT2D eigenvalue weighted by molar-refractivity contribution is 4.53. The third kappa shape index (κ3) is 18.0. The lowest BCUT2D eigenvalue weighted by atomic mass is 10.0. The fourth-order valence-electron chi connectivity index (χ4n) is 2.53. The largest absolute Gasteiger partial charge is 0.315 e. The topological polar surface area (TPSA) is 12.0 Å². The molecular weight excluding hydrogens is 230 g/mol. The third-order valence-corrected chi connectivity index (χ3v) is 3.83. The Bertz CT molecular complexity index is 154. The van der Waals surface area contributed by atoms with Gasteiger partial charge in [0.05, 0.1) is 0 Å². The number of unbranched alkanes of at least 4 members (excludes halogenated alkanes) is 12. The SMILES string of the molecule is CCCCCCCCCCCCCCCNC(C)C. The fraction of sp³-hybridized carbons (Fsp3) is 1.00. The number of rotatable bonds is 15. The smallest absolute Gasteiger partial charge is 0.00103 e. The Morgan fingerprint density at radius 2 is 0.947 bits per heavy atom. The highest BCUT2D eigenvalue weighted by atomic mass is 14.9. The lowest BCUT2D eigenvalue weighted by Gasteiger charge is -2.07. The van der Waals surface area contributed by atoms with Gasteiger partial charge in [0.15, 0.2) is 0 Å². The van der Waals surface area contributed by atoms with E-state index in [1.165, 1.54) is 90.0 Å². The van der Waals surface area contributed by atoms with E-state index in [9.17, 15) is 0 Å².